The topological polar surface area (TPSA) is 95.9 Å². The summed E-state index contributed by atoms with van der Waals surface area (Å²) in [5.41, 5.74) is 0. The molecule has 0 aliphatic rings. The monoisotopic (exact) mass is 1150 g/mol. The van der Waals surface area contributed by atoms with Crippen molar-refractivity contribution in [3.05, 3.63) is 36.5 Å². The number of esters is 1. The number of amides is 1. The Morgan fingerprint density at radius 2 is 0.622 bits per heavy atom. The van der Waals surface area contributed by atoms with E-state index in [9.17, 15) is 19.8 Å². The molecule has 0 aliphatic carbocycles. The molecule has 0 saturated carbocycles. The summed E-state index contributed by atoms with van der Waals surface area (Å²) in [4.78, 5) is 24.5. The number of hydrogen-bond donors (Lipinski definition) is 3. The standard InChI is InChI=1S/C76H145NO5/c1-3-5-7-9-11-13-15-16-17-39-42-45-49-52-56-60-64-68-74(79)73(72-78)77-75(80)69-65-61-57-53-50-46-43-40-37-35-33-31-29-27-25-23-21-19-18-20-22-24-26-28-30-32-34-36-38-41-44-47-51-55-59-63-67-71-82-76(81)70-66-62-58-54-48-14-12-10-8-6-4-2/h10,12,18,20,24,26,73-74,78-79H,3-9,11,13-17,19,21-23,25,27-72H2,1-2H3,(H,77,80)/b12-10-,20-18-,26-24-. The smallest absolute Gasteiger partial charge is 0.305 e. The molecule has 0 aromatic heterocycles. The first-order chi connectivity index (χ1) is 40.5. The summed E-state index contributed by atoms with van der Waals surface area (Å²) in [5, 5.41) is 23.4. The van der Waals surface area contributed by atoms with Gasteiger partial charge in [0.25, 0.3) is 0 Å². The van der Waals surface area contributed by atoms with E-state index in [0.717, 1.165) is 51.4 Å². The Kier molecular flexibility index (Phi) is 69.9. The van der Waals surface area contributed by atoms with E-state index in [1.807, 2.05) is 0 Å². The molecule has 2 atom stereocenters. The first-order valence-corrected chi connectivity index (χ1v) is 37.2. The van der Waals surface area contributed by atoms with Crippen molar-refractivity contribution in [3.63, 3.8) is 0 Å². The third kappa shape index (κ3) is 67.2. The Morgan fingerprint density at radius 1 is 0.341 bits per heavy atom. The zero-order valence-corrected chi connectivity index (χ0v) is 55.5. The van der Waals surface area contributed by atoms with Crippen molar-refractivity contribution in [2.45, 2.75) is 424 Å². The number of allylic oxidation sites excluding steroid dienone is 6. The van der Waals surface area contributed by atoms with Gasteiger partial charge in [0.2, 0.25) is 5.91 Å². The number of unbranched alkanes of at least 4 members (excludes halogenated alkanes) is 53. The van der Waals surface area contributed by atoms with E-state index in [1.54, 1.807) is 0 Å². The van der Waals surface area contributed by atoms with Crippen LogP contribution in [0.3, 0.4) is 0 Å². The predicted molar refractivity (Wildman–Crippen MR) is 361 cm³/mol. The quantitative estimate of drug-likeness (QED) is 0.0320. The third-order valence-electron chi connectivity index (χ3n) is 17.4. The van der Waals surface area contributed by atoms with E-state index in [0.29, 0.717) is 25.9 Å². The number of aliphatic hydroxyl groups excluding tert-OH is 2. The molecule has 82 heavy (non-hydrogen) atoms. The van der Waals surface area contributed by atoms with E-state index in [2.05, 4.69) is 55.6 Å². The maximum atomic E-state index is 12.5. The van der Waals surface area contributed by atoms with Gasteiger partial charge >= 0.3 is 5.97 Å². The van der Waals surface area contributed by atoms with Crippen molar-refractivity contribution in [1.29, 1.82) is 0 Å². The fourth-order valence-corrected chi connectivity index (χ4v) is 11.7. The maximum absolute atomic E-state index is 12.5. The number of rotatable bonds is 70. The van der Waals surface area contributed by atoms with Crippen LogP contribution in [-0.4, -0.2) is 47.4 Å². The SMILES string of the molecule is CCCC/C=C\CCCCCCCC(=O)OCCCCCCCCCCCCCCC/C=C\C/C=C\CCCCCCCCCCCCCCCCCCCC(=O)NC(CO)C(O)CCCCCCCCCCCCCCCCCCC. The van der Waals surface area contributed by atoms with Gasteiger partial charge in [-0.25, -0.2) is 0 Å². The molecule has 0 saturated heterocycles. The summed E-state index contributed by atoms with van der Waals surface area (Å²) in [6.45, 7) is 4.95. The minimum absolute atomic E-state index is 0.00793. The molecule has 0 rings (SSSR count). The summed E-state index contributed by atoms with van der Waals surface area (Å²) < 4.78 is 5.47. The summed E-state index contributed by atoms with van der Waals surface area (Å²) in [6, 6.07) is -0.540. The molecule has 3 N–H and O–H groups in total. The highest BCUT2D eigenvalue weighted by Gasteiger charge is 2.20. The Balaban J connectivity index is 3.36. The number of carbonyl (C=O) groups is 2. The van der Waals surface area contributed by atoms with Gasteiger partial charge in [0.15, 0.2) is 0 Å². The summed E-state index contributed by atoms with van der Waals surface area (Å²) in [5.74, 6) is -0.0207. The van der Waals surface area contributed by atoms with Crippen molar-refractivity contribution >= 4 is 11.9 Å². The second kappa shape index (κ2) is 71.6. The first-order valence-electron chi connectivity index (χ1n) is 37.2. The molecule has 0 aromatic rings. The Hall–Kier alpha value is -1.92. The number of nitrogens with one attached hydrogen (secondary N) is 1. The first kappa shape index (κ1) is 80.1. The molecule has 6 heteroatoms. The van der Waals surface area contributed by atoms with E-state index in [1.165, 1.54) is 327 Å². The molecular formula is C76H145NO5. The average Bonchev–Trinajstić information content (AvgIpc) is 3.48. The van der Waals surface area contributed by atoms with E-state index in [-0.39, 0.29) is 18.5 Å². The van der Waals surface area contributed by atoms with Crippen LogP contribution < -0.4 is 5.32 Å². The lowest BCUT2D eigenvalue weighted by molar-refractivity contribution is -0.143. The van der Waals surface area contributed by atoms with Crippen molar-refractivity contribution in [3.8, 4) is 0 Å². The number of carbonyl (C=O) groups excluding carboxylic acids is 2. The van der Waals surface area contributed by atoms with Crippen LogP contribution in [0.25, 0.3) is 0 Å². The van der Waals surface area contributed by atoms with Crippen molar-refractivity contribution in [2.75, 3.05) is 13.2 Å². The molecule has 6 nitrogen and oxygen atoms in total. The van der Waals surface area contributed by atoms with Gasteiger partial charge in [-0.05, 0) is 77.0 Å². The third-order valence-corrected chi connectivity index (χ3v) is 17.4. The number of hydrogen-bond acceptors (Lipinski definition) is 5. The normalized spacial score (nSPS) is 12.7. The van der Waals surface area contributed by atoms with Gasteiger partial charge in [-0.2, -0.15) is 0 Å². The molecule has 0 bridgehead atoms. The average molecular weight is 1150 g/mol. The fourth-order valence-electron chi connectivity index (χ4n) is 11.7. The lowest BCUT2D eigenvalue weighted by Crippen LogP contribution is -2.45. The molecule has 0 heterocycles. The van der Waals surface area contributed by atoms with Gasteiger partial charge in [-0.3, -0.25) is 9.59 Å². The lowest BCUT2D eigenvalue weighted by atomic mass is 10.0. The molecule has 0 aromatic carbocycles. The van der Waals surface area contributed by atoms with Gasteiger partial charge in [-0.15, -0.1) is 0 Å². The number of ether oxygens (including phenoxy) is 1. The van der Waals surface area contributed by atoms with Crippen LogP contribution in [0.5, 0.6) is 0 Å². The Labute approximate surface area is 513 Å². The zero-order valence-electron chi connectivity index (χ0n) is 55.5. The van der Waals surface area contributed by atoms with Crippen LogP contribution in [0.15, 0.2) is 36.5 Å². The summed E-state index contributed by atoms with van der Waals surface area (Å²) in [6.07, 6.45) is 92.2. The highest BCUT2D eigenvalue weighted by atomic mass is 16.5. The maximum Gasteiger partial charge on any atom is 0.305 e. The molecule has 0 fully saturated rings. The van der Waals surface area contributed by atoms with Crippen LogP contribution >= 0.6 is 0 Å². The fraction of sp³-hybridized carbons (Fsp3) is 0.895. The van der Waals surface area contributed by atoms with Gasteiger partial charge in [0.05, 0.1) is 25.4 Å². The second-order valence-electron chi connectivity index (χ2n) is 25.6. The van der Waals surface area contributed by atoms with E-state index in [4.69, 9.17) is 4.74 Å². The minimum atomic E-state index is -0.663. The molecule has 0 spiro atoms. The van der Waals surface area contributed by atoms with Crippen LogP contribution in [0.1, 0.15) is 412 Å². The van der Waals surface area contributed by atoms with E-state index < -0.39 is 12.1 Å². The van der Waals surface area contributed by atoms with Crippen LogP contribution in [0.2, 0.25) is 0 Å². The molecular weight excluding hydrogens is 1010 g/mol. The van der Waals surface area contributed by atoms with Crippen LogP contribution in [0.4, 0.5) is 0 Å². The molecule has 2 unspecified atom stereocenters. The summed E-state index contributed by atoms with van der Waals surface area (Å²) >= 11 is 0. The molecule has 0 aliphatic heterocycles. The van der Waals surface area contributed by atoms with Crippen LogP contribution in [0, 0.1) is 0 Å². The number of aliphatic hydroxyl groups is 2. The van der Waals surface area contributed by atoms with Gasteiger partial charge in [0.1, 0.15) is 0 Å². The molecule has 1 amide bonds. The van der Waals surface area contributed by atoms with Crippen molar-refractivity contribution in [2.24, 2.45) is 0 Å². The zero-order chi connectivity index (χ0) is 59.2. The van der Waals surface area contributed by atoms with Crippen LogP contribution in [-0.2, 0) is 14.3 Å². The van der Waals surface area contributed by atoms with Gasteiger partial charge in [0, 0.05) is 12.8 Å². The highest BCUT2D eigenvalue weighted by Crippen LogP contribution is 2.19. The highest BCUT2D eigenvalue weighted by molar-refractivity contribution is 5.76. The van der Waals surface area contributed by atoms with Gasteiger partial charge in [-0.1, -0.05) is 359 Å². The van der Waals surface area contributed by atoms with Crippen molar-refractivity contribution in [1.82, 2.24) is 5.32 Å². The van der Waals surface area contributed by atoms with E-state index >= 15 is 0 Å². The Morgan fingerprint density at radius 3 is 0.976 bits per heavy atom. The minimum Gasteiger partial charge on any atom is -0.466 e. The lowest BCUT2D eigenvalue weighted by Gasteiger charge is -2.22. The Bertz CT molecular complexity index is 1330. The molecule has 484 valence electrons. The summed E-state index contributed by atoms with van der Waals surface area (Å²) in [7, 11) is 0. The predicted octanol–water partition coefficient (Wildman–Crippen LogP) is 24.3. The van der Waals surface area contributed by atoms with Gasteiger partial charge < -0.3 is 20.3 Å². The largest absolute Gasteiger partial charge is 0.466 e. The molecule has 0 radical (unpaired) electrons. The van der Waals surface area contributed by atoms with Crippen molar-refractivity contribution < 1.29 is 24.5 Å². The second-order valence-corrected chi connectivity index (χ2v) is 25.6.